The van der Waals surface area contributed by atoms with E-state index in [1.165, 1.54) is 11.8 Å². The molecule has 3 aromatic rings. The second-order valence-electron chi connectivity index (χ2n) is 7.25. The molecule has 2 aliphatic rings. The fourth-order valence-corrected chi connectivity index (χ4v) is 4.02. The van der Waals surface area contributed by atoms with Crippen LogP contribution in [0, 0.1) is 5.82 Å². The number of nitrogens with zero attached hydrogens (tertiary/aromatic N) is 3. The number of rotatable bonds is 3. The Morgan fingerprint density at radius 1 is 0.862 bits per heavy atom. The normalized spacial score (nSPS) is 16.0. The summed E-state index contributed by atoms with van der Waals surface area (Å²) in [5, 5.41) is 0. The second kappa shape index (κ2) is 7.68. The van der Waals surface area contributed by atoms with E-state index in [9.17, 15) is 4.39 Å². The highest BCUT2D eigenvalue weighted by Crippen LogP contribution is 2.39. The fourth-order valence-electron chi connectivity index (χ4n) is 4.02. The number of para-hydroxylation sites is 1. The first-order valence-electron chi connectivity index (χ1n) is 9.89. The summed E-state index contributed by atoms with van der Waals surface area (Å²) in [6, 6.07) is 21.4. The van der Waals surface area contributed by atoms with Crippen LogP contribution in [0.3, 0.4) is 0 Å². The summed E-state index contributed by atoms with van der Waals surface area (Å²) < 4.78 is 19.3. The van der Waals surface area contributed by atoms with Crippen molar-refractivity contribution in [1.29, 1.82) is 0 Å². The number of ether oxygens (including phenoxy) is 1. The highest BCUT2D eigenvalue weighted by atomic mass is 19.1. The summed E-state index contributed by atoms with van der Waals surface area (Å²) in [4.78, 5) is 9.07. The molecule has 1 saturated heterocycles. The topological polar surface area (TPSA) is 28.1 Å². The Balaban J connectivity index is 1.53. The number of fused-ring (bicyclic) bond motifs is 1. The van der Waals surface area contributed by atoms with E-state index < -0.39 is 0 Å². The van der Waals surface area contributed by atoms with Crippen LogP contribution in [0.15, 0.2) is 71.7 Å². The third-order valence-corrected chi connectivity index (χ3v) is 5.46. The van der Waals surface area contributed by atoms with Crippen LogP contribution in [0.4, 0.5) is 21.5 Å². The van der Waals surface area contributed by atoms with Crippen molar-refractivity contribution in [2.45, 2.75) is 0 Å². The minimum atomic E-state index is -0.231. The van der Waals surface area contributed by atoms with Crippen molar-refractivity contribution < 1.29 is 9.13 Å². The van der Waals surface area contributed by atoms with Gasteiger partial charge in [0, 0.05) is 41.8 Å². The summed E-state index contributed by atoms with van der Waals surface area (Å²) in [6.45, 7) is 3.91. The third-order valence-electron chi connectivity index (χ3n) is 5.46. The zero-order chi connectivity index (χ0) is 19.6. The molecule has 0 aliphatic carbocycles. The molecule has 3 aromatic carbocycles. The Bertz CT molecular complexity index is 1040. The lowest BCUT2D eigenvalue weighted by atomic mass is 9.98. The molecular formula is C24H22FN3O. The predicted molar refractivity (Wildman–Crippen MR) is 116 cm³/mol. The number of benzene rings is 3. The van der Waals surface area contributed by atoms with Crippen molar-refractivity contribution in [2.24, 2.45) is 4.99 Å². The van der Waals surface area contributed by atoms with Gasteiger partial charge in [0.15, 0.2) is 0 Å². The van der Waals surface area contributed by atoms with Gasteiger partial charge in [0.25, 0.3) is 0 Å². The lowest BCUT2D eigenvalue weighted by Gasteiger charge is -2.32. The van der Waals surface area contributed by atoms with Crippen molar-refractivity contribution >= 4 is 23.3 Å². The number of aliphatic imine (C=N–C) groups is 1. The molecule has 0 spiro atoms. The van der Waals surface area contributed by atoms with Crippen LogP contribution >= 0.6 is 0 Å². The largest absolute Gasteiger partial charge is 0.378 e. The lowest BCUT2D eigenvalue weighted by molar-refractivity contribution is 0.122. The van der Waals surface area contributed by atoms with Crippen molar-refractivity contribution in [2.75, 3.05) is 42.8 Å². The van der Waals surface area contributed by atoms with Crippen LogP contribution in [0.1, 0.15) is 5.56 Å². The number of hydrogen-bond acceptors (Lipinski definition) is 4. The molecule has 5 heteroatoms. The van der Waals surface area contributed by atoms with Gasteiger partial charge in [-0.1, -0.05) is 30.3 Å². The molecule has 29 heavy (non-hydrogen) atoms. The monoisotopic (exact) mass is 387 g/mol. The molecule has 4 nitrogen and oxygen atoms in total. The zero-order valence-corrected chi connectivity index (χ0v) is 16.1. The molecule has 5 rings (SSSR count). The van der Waals surface area contributed by atoms with E-state index in [-0.39, 0.29) is 5.82 Å². The Kier molecular flexibility index (Phi) is 4.74. The van der Waals surface area contributed by atoms with Crippen LogP contribution in [0.2, 0.25) is 0 Å². The van der Waals surface area contributed by atoms with Gasteiger partial charge in [-0.15, -0.1) is 0 Å². The van der Waals surface area contributed by atoms with Gasteiger partial charge in [0.05, 0.1) is 18.9 Å². The Morgan fingerprint density at radius 3 is 2.41 bits per heavy atom. The van der Waals surface area contributed by atoms with Crippen LogP contribution in [0.25, 0.3) is 11.1 Å². The standard InChI is InChI=1S/C24H22FN3O/c25-20-5-1-3-18(15-20)23-6-2-4-19-16-26-17-28(24(19)23)22-9-7-21(8-10-22)27-11-13-29-14-12-27/h1-10,15-16H,11-14,17H2. The molecule has 0 unspecified atom stereocenters. The highest BCUT2D eigenvalue weighted by molar-refractivity contribution is 5.98. The molecule has 0 amide bonds. The maximum absolute atomic E-state index is 13.9. The fraction of sp³-hybridized carbons (Fsp3) is 0.208. The molecular weight excluding hydrogens is 365 g/mol. The summed E-state index contributed by atoms with van der Waals surface area (Å²) in [5.74, 6) is -0.231. The first kappa shape index (κ1) is 17.9. The van der Waals surface area contributed by atoms with Crippen molar-refractivity contribution in [3.63, 3.8) is 0 Å². The van der Waals surface area contributed by atoms with Crippen molar-refractivity contribution in [3.8, 4) is 11.1 Å². The second-order valence-corrected chi connectivity index (χ2v) is 7.25. The van der Waals surface area contributed by atoms with Crippen LogP contribution < -0.4 is 9.80 Å². The number of anilines is 3. The van der Waals surface area contributed by atoms with E-state index in [2.05, 4.69) is 45.1 Å². The quantitative estimate of drug-likeness (QED) is 0.643. The van der Waals surface area contributed by atoms with E-state index in [1.807, 2.05) is 24.4 Å². The van der Waals surface area contributed by atoms with Gasteiger partial charge < -0.3 is 14.5 Å². The molecule has 0 bridgehead atoms. The first-order chi connectivity index (χ1) is 14.3. The van der Waals surface area contributed by atoms with E-state index in [4.69, 9.17) is 4.74 Å². The van der Waals surface area contributed by atoms with E-state index in [0.717, 1.165) is 54.4 Å². The SMILES string of the molecule is Fc1cccc(-c2cccc3c2N(c2ccc(N4CCOCC4)cc2)CN=C3)c1. The smallest absolute Gasteiger partial charge is 0.123 e. The minimum absolute atomic E-state index is 0.231. The van der Waals surface area contributed by atoms with Crippen LogP contribution in [0.5, 0.6) is 0 Å². The lowest BCUT2D eigenvalue weighted by Crippen LogP contribution is -2.36. The maximum Gasteiger partial charge on any atom is 0.123 e. The molecule has 0 N–H and O–H groups in total. The number of hydrogen-bond donors (Lipinski definition) is 0. The Labute approximate surface area is 169 Å². The first-order valence-corrected chi connectivity index (χ1v) is 9.89. The predicted octanol–water partition coefficient (Wildman–Crippen LogP) is 4.86. The van der Waals surface area contributed by atoms with E-state index >= 15 is 0 Å². The van der Waals surface area contributed by atoms with E-state index in [1.54, 1.807) is 12.1 Å². The minimum Gasteiger partial charge on any atom is -0.378 e. The Morgan fingerprint density at radius 2 is 1.62 bits per heavy atom. The summed E-state index contributed by atoms with van der Waals surface area (Å²) in [5.41, 5.74) is 6.25. The van der Waals surface area contributed by atoms with Gasteiger partial charge in [-0.2, -0.15) is 0 Å². The van der Waals surface area contributed by atoms with E-state index in [0.29, 0.717) is 6.67 Å². The molecule has 1 fully saturated rings. The molecule has 0 atom stereocenters. The molecule has 2 aliphatic heterocycles. The van der Waals surface area contributed by atoms with Crippen LogP contribution in [-0.4, -0.2) is 39.2 Å². The van der Waals surface area contributed by atoms with Gasteiger partial charge in [-0.3, -0.25) is 4.99 Å². The van der Waals surface area contributed by atoms with Gasteiger partial charge in [-0.25, -0.2) is 4.39 Å². The average molecular weight is 387 g/mol. The molecule has 2 heterocycles. The average Bonchev–Trinajstić information content (AvgIpc) is 2.79. The number of halogens is 1. The number of morpholine rings is 1. The summed E-state index contributed by atoms with van der Waals surface area (Å²) >= 11 is 0. The zero-order valence-electron chi connectivity index (χ0n) is 16.1. The van der Waals surface area contributed by atoms with Gasteiger partial charge in [-0.05, 0) is 42.0 Å². The maximum atomic E-state index is 13.9. The Hall–Kier alpha value is -3.18. The van der Waals surface area contributed by atoms with Crippen molar-refractivity contribution in [1.82, 2.24) is 0 Å². The summed E-state index contributed by atoms with van der Waals surface area (Å²) in [6.07, 6.45) is 1.90. The van der Waals surface area contributed by atoms with Crippen LogP contribution in [-0.2, 0) is 4.74 Å². The molecule has 0 saturated carbocycles. The van der Waals surface area contributed by atoms with Crippen molar-refractivity contribution in [3.05, 3.63) is 78.1 Å². The van der Waals surface area contributed by atoms with Gasteiger partial charge >= 0.3 is 0 Å². The van der Waals surface area contributed by atoms with Gasteiger partial charge in [0.1, 0.15) is 12.5 Å². The molecule has 0 aromatic heterocycles. The highest BCUT2D eigenvalue weighted by Gasteiger charge is 2.21. The van der Waals surface area contributed by atoms with Gasteiger partial charge in [0.2, 0.25) is 0 Å². The molecule has 146 valence electrons. The molecule has 0 radical (unpaired) electrons. The third kappa shape index (κ3) is 3.49. The summed E-state index contributed by atoms with van der Waals surface area (Å²) in [7, 11) is 0.